The number of aromatic carboxylic acids is 1. The number of aryl methyl sites for hydroxylation is 1. The molecule has 0 aliphatic carbocycles. The lowest BCUT2D eigenvalue weighted by atomic mass is 10.2. The van der Waals surface area contributed by atoms with Crippen LogP contribution in [0.5, 0.6) is 5.75 Å². The zero-order valence-corrected chi connectivity index (χ0v) is 13.7. The lowest BCUT2D eigenvalue weighted by Gasteiger charge is -2.10. The Morgan fingerprint density at radius 3 is 2.57 bits per heavy atom. The van der Waals surface area contributed by atoms with Gasteiger partial charge in [-0.15, -0.1) is 11.3 Å². The second kappa shape index (κ2) is 6.28. The molecule has 0 unspecified atom stereocenters. The first-order valence-corrected chi connectivity index (χ1v) is 7.52. The Labute approximate surface area is 133 Å². The fourth-order valence-electron chi connectivity index (χ4n) is 1.69. The van der Waals surface area contributed by atoms with Crippen LogP contribution in [0.4, 0.5) is 5.69 Å². The first-order valence-electron chi connectivity index (χ1n) is 5.91. The van der Waals surface area contributed by atoms with E-state index in [1.807, 2.05) is 6.92 Å². The molecule has 2 aromatic rings. The molecule has 1 aromatic carbocycles. The number of benzene rings is 1. The number of ether oxygens (including phenoxy) is 1. The van der Waals surface area contributed by atoms with E-state index in [0.29, 0.717) is 16.3 Å². The number of thiophene rings is 1. The van der Waals surface area contributed by atoms with E-state index in [9.17, 15) is 9.59 Å². The summed E-state index contributed by atoms with van der Waals surface area (Å²) < 4.78 is 6.02. The van der Waals surface area contributed by atoms with Crippen LogP contribution >= 0.6 is 27.3 Å². The molecule has 0 aliphatic rings. The van der Waals surface area contributed by atoms with Crippen LogP contribution in [0.2, 0.25) is 0 Å². The van der Waals surface area contributed by atoms with Gasteiger partial charge in [-0.25, -0.2) is 4.79 Å². The molecule has 0 bridgehead atoms. The van der Waals surface area contributed by atoms with Gasteiger partial charge in [-0.3, -0.25) is 4.79 Å². The van der Waals surface area contributed by atoms with E-state index in [1.54, 1.807) is 6.07 Å². The highest BCUT2D eigenvalue weighted by Gasteiger charge is 2.15. The Kier molecular flexibility index (Phi) is 4.64. The topological polar surface area (TPSA) is 75.6 Å². The number of hydrogen-bond acceptors (Lipinski definition) is 4. The molecule has 1 heterocycles. The molecule has 0 atom stereocenters. The Hall–Kier alpha value is -1.86. The van der Waals surface area contributed by atoms with Crippen LogP contribution in [0, 0.1) is 6.92 Å². The lowest BCUT2D eigenvalue weighted by Crippen LogP contribution is -2.12. The third kappa shape index (κ3) is 3.43. The molecular weight excluding hydrogens is 358 g/mol. The summed E-state index contributed by atoms with van der Waals surface area (Å²) in [5, 5.41) is 11.7. The van der Waals surface area contributed by atoms with E-state index in [1.165, 1.54) is 36.6 Å². The minimum atomic E-state index is -1.07. The van der Waals surface area contributed by atoms with Gasteiger partial charge in [0.15, 0.2) is 0 Å². The van der Waals surface area contributed by atoms with Gasteiger partial charge in [-0.05, 0) is 52.7 Å². The van der Waals surface area contributed by atoms with E-state index in [-0.39, 0.29) is 11.5 Å². The SMILES string of the molecule is COc1ccc(C(=O)O)cc1NC(=O)c1cc(C)c(Br)s1. The van der Waals surface area contributed by atoms with Gasteiger partial charge in [-0.1, -0.05) is 0 Å². The summed E-state index contributed by atoms with van der Waals surface area (Å²) in [6.45, 7) is 1.89. The minimum Gasteiger partial charge on any atom is -0.495 e. The Morgan fingerprint density at radius 2 is 2.05 bits per heavy atom. The highest BCUT2D eigenvalue weighted by molar-refractivity contribution is 9.11. The number of carboxylic acids is 1. The number of hydrogen-bond donors (Lipinski definition) is 2. The third-order valence-corrected chi connectivity index (χ3v) is 4.91. The lowest BCUT2D eigenvalue weighted by molar-refractivity contribution is 0.0696. The maximum atomic E-state index is 12.2. The summed E-state index contributed by atoms with van der Waals surface area (Å²) in [7, 11) is 1.46. The molecule has 7 heteroatoms. The molecular formula is C14H12BrNO4S. The van der Waals surface area contributed by atoms with E-state index in [2.05, 4.69) is 21.2 Å². The van der Waals surface area contributed by atoms with Crippen molar-refractivity contribution in [1.82, 2.24) is 0 Å². The zero-order valence-electron chi connectivity index (χ0n) is 11.3. The Balaban J connectivity index is 2.31. The van der Waals surface area contributed by atoms with Crippen molar-refractivity contribution in [2.24, 2.45) is 0 Å². The first-order chi connectivity index (χ1) is 9.92. The highest BCUT2D eigenvalue weighted by atomic mass is 79.9. The van der Waals surface area contributed by atoms with Crippen molar-refractivity contribution in [1.29, 1.82) is 0 Å². The monoisotopic (exact) mass is 369 g/mol. The number of amides is 1. The van der Waals surface area contributed by atoms with E-state index in [4.69, 9.17) is 9.84 Å². The van der Waals surface area contributed by atoms with Gasteiger partial charge in [0.25, 0.3) is 5.91 Å². The van der Waals surface area contributed by atoms with E-state index >= 15 is 0 Å². The molecule has 1 aromatic heterocycles. The number of anilines is 1. The summed E-state index contributed by atoms with van der Waals surface area (Å²) in [4.78, 5) is 23.7. The molecule has 110 valence electrons. The van der Waals surface area contributed by atoms with Crippen molar-refractivity contribution >= 4 is 44.8 Å². The second-order valence-corrected chi connectivity index (χ2v) is 6.61. The number of rotatable bonds is 4. The van der Waals surface area contributed by atoms with Crippen molar-refractivity contribution in [3.63, 3.8) is 0 Å². The summed E-state index contributed by atoms with van der Waals surface area (Å²) in [6, 6.07) is 6.06. The normalized spacial score (nSPS) is 10.2. The standard InChI is InChI=1S/C14H12BrNO4S/c1-7-5-11(21-12(7)15)13(17)16-9-6-8(14(18)19)3-4-10(9)20-2/h3-6H,1-2H3,(H,16,17)(H,18,19). The van der Waals surface area contributed by atoms with Crippen LogP contribution in [0.15, 0.2) is 28.1 Å². The van der Waals surface area contributed by atoms with Crippen LogP contribution in [-0.4, -0.2) is 24.1 Å². The average Bonchev–Trinajstić information content (AvgIpc) is 2.78. The maximum Gasteiger partial charge on any atom is 0.335 e. The van der Waals surface area contributed by atoms with Crippen LogP contribution in [0.3, 0.4) is 0 Å². The van der Waals surface area contributed by atoms with Crippen molar-refractivity contribution in [3.05, 3.63) is 44.1 Å². The van der Waals surface area contributed by atoms with Crippen LogP contribution in [0.1, 0.15) is 25.6 Å². The minimum absolute atomic E-state index is 0.0784. The number of carbonyl (C=O) groups excluding carboxylic acids is 1. The molecule has 0 saturated heterocycles. The van der Waals surface area contributed by atoms with Crippen molar-refractivity contribution < 1.29 is 19.4 Å². The summed E-state index contributed by atoms with van der Waals surface area (Å²) >= 11 is 4.68. The Bertz CT molecular complexity index is 691. The average molecular weight is 370 g/mol. The third-order valence-electron chi connectivity index (χ3n) is 2.78. The Morgan fingerprint density at radius 1 is 1.33 bits per heavy atom. The van der Waals surface area contributed by atoms with E-state index in [0.717, 1.165) is 9.35 Å². The summed E-state index contributed by atoms with van der Waals surface area (Å²) in [6.07, 6.45) is 0. The van der Waals surface area contributed by atoms with Gasteiger partial charge < -0.3 is 15.2 Å². The fraction of sp³-hybridized carbons (Fsp3) is 0.143. The molecule has 5 nitrogen and oxygen atoms in total. The smallest absolute Gasteiger partial charge is 0.335 e. The number of halogens is 1. The highest BCUT2D eigenvalue weighted by Crippen LogP contribution is 2.30. The largest absolute Gasteiger partial charge is 0.495 e. The van der Waals surface area contributed by atoms with E-state index < -0.39 is 5.97 Å². The number of methoxy groups -OCH3 is 1. The van der Waals surface area contributed by atoms with Crippen LogP contribution in [0.25, 0.3) is 0 Å². The summed E-state index contributed by atoms with van der Waals surface area (Å²) in [5.74, 6) is -0.974. The van der Waals surface area contributed by atoms with Gasteiger partial charge in [0.05, 0.1) is 27.0 Å². The second-order valence-electron chi connectivity index (χ2n) is 4.24. The molecule has 0 spiro atoms. The molecule has 1 amide bonds. The van der Waals surface area contributed by atoms with Crippen LogP contribution in [-0.2, 0) is 0 Å². The summed E-state index contributed by atoms with van der Waals surface area (Å²) in [5.41, 5.74) is 1.37. The maximum absolute atomic E-state index is 12.2. The molecule has 21 heavy (non-hydrogen) atoms. The predicted molar refractivity (Wildman–Crippen MR) is 84.7 cm³/mol. The molecule has 0 fully saturated rings. The molecule has 0 radical (unpaired) electrons. The van der Waals surface area contributed by atoms with Gasteiger partial charge in [0, 0.05) is 0 Å². The zero-order chi connectivity index (χ0) is 15.6. The van der Waals surface area contributed by atoms with Gasteiger partial charge in [0.1, 0.15) is 5.75 Å². The molecule has 2 N–H and O–H groups in total. The number of carbonyl (C=O) groups is 2. The van der Waals surface area contributed by atoms with Crippen molar-refractivity contribution in [3.8, 4) is 5.75 Å². The predicted octanol–water partition coefficient (Wildman–Crippen LogP) is 3.78. The first kappa shape index (κ1) is 15.5. The fourth-order valence-corrected chi connectivity index (χ4v) is 3.12. The molecule has 0 aliphatic heterocycles. The van der Waals surface area contributed by atoms with Crippen LogP contribution < -0.4 is 10.1 Å². The molecule has 0 saturated carbocycles. The molecule has 2 rings (SSSR count). The van der Waals surface area contributed by atoms with Crippen molar-refractivity contribution in [2.75, 3.05) is 12.4 Å². The van der Waals surface area contributed by atoms with Gasteiger partial charge in [-0.2, -0.15) is 0 Å². The van der Waals surface area contributed by atoms with Gasteiger partial charge in [0.2, 0.25) is 0 Å². The van der Waals surface area contributed by atoms with Gasteiger partial charge >= 0.3 is 5.97 Å². The number of carboxylic acid groups (broad SMARTS) is 1. The number of nitrogens with one attached hydrogen (secondary N) is 1. The van der Waals surface area contributed by atoms with Crippen molar-refractivity contribution in [2.45, 2.75) is 6.92 Å². The quantitative estimate of drug-likeness (QED) is 0.859.